The van der Waals surface area contributed by atoms with Gasteiger partial charge in [0.25, 0.3) is 0 Å². The molecule has 0 spiro atoms. The van der Waals surface area contributed by atoms with Crippen molar-refractivity contribution in [1.29, 1.82) is 0 Å². The molecule has 8 atom stereocenters. The number of rotatable bonds is 17. The van der Waals surface area contributed by atoms with Crippen molar-refractivity contribution in [3.05, 3.63) is 36.0 Å². The van der Waals surface area contributed by atoms with Gasteiger partial charge in [-0.1, -0.05) is 112 Å². The van der Waals surface area contributed by atoms with Crippen LogP contribution in [0.15, 0.2) is 30.5 Å². The van der Waals surface area contributed by atoms with E-state index < -0.39 is 65.8 Å². The van der Waals surface area contributed by atoms with Gasteiger partial charge in [-0.3, -0.25) is 28.8 Å². The third-order valence-corrected chi connectivity index (χ3v) is 12.8. The molecule has 0 unspecified atom stereocenters. The summed E-state index contributed by atoms with van der Waals surface area (Å²) in [6.45, 7) is 17.7. The maximum Gasteiger partial charge on any atom is 0.246 e. The first-order chi connectivity index (χ1) is 30.7. The fourth-order valence-corrected chi connectivity index (χ4v) is 8.78. The third kappa shape index (κ3) is 16.0. The summed E-state index contributed by atoms with van der Waals surface area (Å²) < 4.78 is 7.52. The van der Waals surface area contributed by atoms with Gasteiger partial charge in [0.2, 0.25) is 35.4 Å². The number of benzene rings is 1. The van der Waals surface area contributed by atoms with Crippen molar-refractivity contribution in [2.24, 2.45) is 23.7 Å². The summed E-state index contributed by atoms with van der Waals surface area (Å²) in [5.74, 6) is -2.61. The molecule has 0 aliphatic carbocycles. The minimum Gasteiger partial charge on any atom is -0.417 e. The standard InChI is InChI=1S/C50H83N7O8/c1-14-16-20-34(7)26-40-50(63)55(11)43(25-33(5)6)46(59)52-39(24-32(3)4)49(62)56(12)44(28-37-29-57(64-13)42-23-19-18-22-38(37)42)47(60)53-41(27-35(8)21-17-15-2)48(61)54(10)36(9)30-65-31-45(58)51-40/h18-19,22-23,29,32-36,39-41,43-44H,14-17,20-21,24-28,30-31H2,1-13H3,(H,51,58)(H,52,59)(H,53,60)/t34-,35-,36+,39+,40+,41+,43+,44+/m1/s1. The lowest BCUT2D eigenvalue weighted by Crippen LogP contribution is -2.60. The number of carbonyl (C=O) groups excluding carboxylic acids is 6. The fourth-order valence-electron chi connectivity index (χ4n) is 8.78. The Bertz CT molecular complexity index is 1860. The first-order valence-corrected chi connectivity index (χ1v) is 24.1. The van der Waals surface area contributed by atoms with Crippen molar-refractivity contribution in [3.8, 4) is 0 Å². The van der Waals surface area contributed by atoms with Crippen LogP contribution in [0.3, 0.4) is 0 Å². The zero-order valence-electron chi connectivity index (χ0n) is 41.9. The van der Waals surface area contributed by atoms with Crippen LogP contribution in [0.2, 0.25) is 0 Å². The van der Waals surface area contributed by atoms with E-state index in [-0.39, 0.29) is 55.6 Å². The highest BCUT2D eigenvalue weighted by Gasteiger charge is 2.39. The average molecular weight is 910 g/mol. The highest BCUT2D eigenvalue weighted by atomic mass is 16.6. The number of hydrogen-bond acceptors (Lipinski definition) is 8. The zero-order chi connectivity index (χ0) is 48.5. The molecule has 2 aromatic rings. The van der Waals surface area contributed by atoms with Crippen molar-refractivity contribution in [2.75, 3.05) is 41.5 Å². The van der Waals surface area contributed by atoms with Gasteiger partial charge in [0.15, 0.2) is 0 Å². The number of nitrogens with one attached hydrogen (secondary N) is 3. The predicted octanol–water partition coefficient (Wildman–Crippen LogP) is 5.75. The number of nitrogens with zero attached hydrogens (tertiary/aromatic N) is 4. The summed E-state index contributed by atoms with van der Waals surface area (Å²) in [5, 5.41) is 9.86. The maximum atomic E-state index is 15.0. The molecule has 15 heteroatoms. The van der Waals surface area contributed by atoms with Crippen molar-refractivity contribution in [2.45, 2.75) is 169 Å². The van der Waals surface area contributed by atoms with Gasteiger partial charge in [-0.05, 0) is 67.9 Å². The Hall–Kier alpha value is -4.66. The average Bonchev–Trinajstić information content (AvgIpc) is 3.62. The molecule has 1 fully saturated rings. The van der Waals surface area contributed by atoms with Crippen LogP contribution in [0, 0.1) is 23.7 Å². The topological polar surface area (TPSA) is 172 Å². The van der Waals surface area contributed by atoms with Gasteiger partial charge in [-0.2, -0.15) is 4.73 Å². The lowest BCUT2D eigenvalue weighted by Gasteiger charge is -2.35. The number of ether oxygens (including phenoxy) is 1. The Morgan fingerprint density at radius 2 is 1.17 bits per heavy atom. The smallest absolute Gasteiger partial charge is 0.246 e. The minimum atomic E-state index is -1.12. The Kier molecular flexibility index (Phi) is 22.3. The van der Waals surface area contributed by atoms with Crippen LogP contribution in [0.1, 0.15) is 132 Å². The molecule has 1 aliphatic rings. The van der Waals surface area contributed by atoms with Crippen LogP contribution in [0.4, 0.5) is 0 Å². The zero-order valence-corrected chi connectivity index (χ0v) is 41.9. The number of fused-ring (bicyclic) bond motifs is 1. The van der Waals surface area contributed by atoms with E-state index in [9.17, 15) is 24.0 Å². The van der Waals surface area contributed by atoms with E-state index in [0.717, 1.165) is 55.0 Å². The quantitative estimate of drug-likeness (QED) is 0.180. The number of unbranched alkanes of at least 4 members (excludes halogenated alkanes) is 2. The number of amides is 6. The van der Waals surface area contributed by atoms with Crippen LogP contribution in [-0.2, 0) is 39.9 Å². The second-order valence-corrected chi connectivity index (χ2v) is 19.6. The van der Waals surface area contributed by atoms with Gasteiger partial charge in [0.1, 0.15) is 43.9 Å². The predicted molar refractivity (Wildman–Crippen MR) is 256 cm³/mol. The van der Waals surface area contributed by atoms with Crippen molar-refractivity contribution in [1.82, 2.24) is 35.4 Å². The van der Waals surface area contributed by atoms with Crippen LogP contribution < -0.4 is 20.8 Å². The van der Waals surface area contributed by atoms with E-state index in [4.69, 9.17) is 9.57 Å². The summed E-state index contributed by atoms with van der Waals surface area (Å²) >= 11 is 0. The lowest BCUT2D eigenvalue weighted by atomic mass is 9.94. The number of aromatic nitrogens is 1. The van der Waals surface area contributed by atoms with Crippen LogP contribution in [-0.4, -0.2) is 133 Å². The van der Waals surface area contributed by atoms with Crippen molar-refractivity contribution >= 4 is 46.3 Å². The summed E-state index contributed by atoms with van der Waals surface area (Å²) in [4.78, 5) is 97.1. The Morgan fingerprint density at radius 1 is 0.677 bits per heavy atom. The largest absolute Gasteiger partial charge is 0.417 e. The molecule has 3 rings (SSSR count). The molecule has 65 heavy (non-hydrogen) atoms. The summed E-state index contributed by atoms with van der Waals surface area (Å²) in [5.41, 5.74) is 1.53. The van der Waals surface area contributed by atoms with Gasteiger partial charge < -0.3 is 40.2 Å². The van der Waals surface area contributed by atoms with E-state index in [0.29, 0.717) is 19.3 Å². The van der Waals surface area contributed by atoms with Crippen molar-refractivity contribution in [3.63, 3.8) is 0 Å². The maximum absolute atomic E-state index is 15.0. The molecule has 366 valence electrons. The molecule has 3 N–H and O–H groups in total. The molecule has 1 aliphatic heterocycles. The summed E-state index contributed by atoms with van der Waals surface area (Å²) in [7, 11) is 6.35. The van der Waals surface area contributed by atoms with E-state index in [1.165, 1.54) is 14.7 Å². The van der Waals surface area contributed by atoms with Gasteiger partial charge >= 0.3 is 0 Å². The Morgan fingerprint density at radius 3 is 1.71 bits per heavy atom. The SMILES string of the molecule is CCCC[C@@H](C)C[C@@H]1NC(=O)[C@H](Cc2cn(OC)c3ccccc23)N(C)C(=O)[C@H](CC(C)C)NC(=O)[C@H](CC(C)C)N(C)C(=O)[C@H](C[C@H](C)CCCC)NC(=O)COC[C@H](C)N(C)C1=O. The second-order valence-electron chi connectivity index (χ2n) is 19.6. The molecule has 15 nitrogen and oxygen atoms in total. The highest BCUT2D eigenvalue weighted by Crippen LogP contribution is 2.25. The Labute approximate surface area is 389 Å². The molecule has 6 amide bonds. The minimum absolute atomic E-state index is 0.00917. The van der Waals surface area contributed by atoms with Crippen molar-refractivity contribution < 1.29 is 38.3 Å². The van der Waals surface area contributed by atoms with Gasteiger partial charge in [-0.25, -0.2) is 0 Å². The van der Waals surface area contributed by atoms with Gasteiger partial charge in [0.05, 0.1) is 18.2 Å². The second kappa shape index (κ2) is 26.5. The number of hydrogen-bond donors (Lipinski definition) is 3. The molecular formula is C50H83N7O8. The Balaban J connectivity index is 2.22. The van der Waals surface area contributed by atoms with E-state index >= 15 is 4.79 Å². The molecule has 1 aromatic heterocycles. The third-order valence-electron chi connectivity index (χ3n) is 12.8. The molecular weight excluding hydrogens is 827 g/mol. The fraction of sp³-hybridized carbons (Fsp3) is 0.720. The summed E-state index contributed by atoms with van der Waals surface area (Å²) in [6.07, 6.45) is 8.77. The van der Waals surface area contributed by atoms with Crippen LogP contribution in [0.5, 0.6) is 0 Å². The van der Waals surface area contributed by atoms with Crippen LogP contribution >= 0.6 is 0 Å². The molecule has 0 bridgehead atoms. The number of carbonyl (C=O) groups is 6. The monoisotopic (exact) mass is 910 g/mol. The van der Waals surface area contributed by atoms with E-state index in [1.807, 2.05) is 58.9 Å². The molecule has 1 saturated heterocycles. The normalized spacial score (nSPS) is 24.0. The first kappa shape index (κ1) is 54.7. The number of para-hydroxylation sites is 1. The first-order valence-electron chi connectivity index (χ1n) is 24.1. The lowest BCUT2D eigenvalue weighted by molar-refractivity contribution is -0.146. The molecule has 0 saturated carbocycles. The summed E-state index contributed by atoms with van der Waals surface area (Å²) in [6, 6.07) is 2.13. The van der Waals surface area contributed by atoms with Crippen LogP contribution in [0.25, 0.3) is 10.9 Å². The molecule has 0 radical (unpaired) electrons. The molecule has 2 heterocycles. The van der Waals surface area contributed by atoms with Gasteiger partial charge in [0, 0.05) is 39.1 Å². The van der Waals surface area contributed by atoms with E-state index in [1.54, 1.807) is 39.2 Å². The molecule has 1 aromatic carbocycles. The highest BCUT2D eigenvalue weighted by molar-refractivity contribution is 5.97. The van der Waals surface area contributed by atoms with E-state index in [2.05, 4.69) is 43.6 Å². The number of likely N-dealkylation sites (N-methyl/N-ethyl adjacent to an activating group) is 3. The van der Waals surface area contributed by atoms with Gasteiger partial charge in [-0.15, -0.1) is 0 Å².